The number of aromatic nitrogens is 1. The Morgan fingerprint density at radius 3 is 2.70 bits per heavy atom. The molecule has 1 aliphatic rings. The standard InChI is InChI=1S/C19H24N2O2/c1-13-9-14(2)11-21(10-13)12-17(22)15-6-7-18(23-3)19-16(15)5-4-8-20-19/h4-8,13-14H,9-12H2,1-3H3. The summed E-state index contributed by atoms with van der Waals surface area (Å²) in [6.07, 6.45) is 2.98. The summed E-state index contributed by atoms with van der Waals surface area (Å²) in [7, 11) is 1.63. The van der Waals surface area contributed by atoms with E-state index in [2.05, 4.69) is 23.7 Å². The first kappa shape index (κ1) is 15.9. The molecule has 122 valence electrons. The summed E-state index contributed by atoms with van der Waals surface area (Å²) in [5.41, 5.74) is 1.49. The predicted molar refractivity (Wildman–Crippen MR) is 92.0 cm³/mol. The van der Waals surface area contributed by atoms with Gasteiger partial charge in [0.2, 0.25) is 0 Å². The number of likely N-dealkylation sites (tertiary alicyclic amines) is 1. The molecule has 1 aromatic carbocycles. The van der Waals surface area contributed by atoms with Crippen LogP contribution < -0.4 is 4.74 Å². The predicted octanol–water partition coefficient (Wildman–Crippen LogP) is 3.40. The number of carbonyl (C=O) groups excluding carboxylic acids is 1. The Labute approximate surface area is 137 Å². The molecule has 1 aromatic heterocycles. The first-order chi connectivity index (χ1) is 11.1. The monoisotopic (exact) mass is 312 g/mol. The minimum Gasteiger partial charge on any atom is -0.494 e. The molecular weight excluding hydrogens is 288 g/mol. The van der Waals surface area contributed by atoms with E-state index in [0.29, 0.717) is 24.1 Å². The van der Waals surface area contributed by atoms with Crippen LogP contribution >= 0.6 is 0 Å². The molecule has 0 radical (unpaired) electrons. The minimum absolute atomic E-state index is 0.159. The van der Waals surface area contributed by atoms with Crippen LogP contribution in [-0.4, -0.2) is 42.4 Å². The highest BCUT2D eigenvalue weighted by atomic mass is 16.5. The number of piperidine rings is 1. The van der Waals surface area contributed by atoms with Crippen LogP contribution in [0.5, 0.6) is 5.75 Å². The molecule has 1 fully saturated rings. The number of rotatable bonds is 4. The number of benzene rings is 1. The van der Waals surface area contributed by atoms with Crippen molar-refractivity contribution in [1.29, 1.82) is 0 Å². The number of pyridine rings is 1. The first-order valence-corrected chi connectivity index (χ1v) is 8.25. The maximum absolute atomic E-state index is 12.8. The van der Waals surface area contributed by atoms with Crippen molar-refractivity contribution in [3.63, 3.8) is 0 Å². The maximum Gasteiger partial charge on any atom is 0.177 e. The zero-order chi connectivity index (χ0) is 16.4. The number of carbonyl (C=O) groups is 1. The van der Waals surface area contributed by atoms with E-state index in [1.54, 1.807) is 13.3 Å². The number of hydrogen-bond acceptors (Lipinski definition) is 4. The number of hydrogen-bond donors (Lipinski definition) is 0. The van der Waals surface area contributed by atoms with E-state index in [1.165, 1.54) is 6.42 Å². The van der Waals surface area contributed by atoms with E-state index in [4.69, 9.17) is 4.74 Å². The molecule has 1 saturated heterocycles. The second kappa shape index (κ2) is 6.67. The molecule has 0 aliphatic carbocycles. The Balaban J connectivity index is 1.87. The molecule has 4 nitrogen and oxygen atoms in total. The van der Waals surface area contributed by atoms with Crippen LogP contribution in [0.3, 0.4) is 0 Å². The van der Waals surface area contributed by atoms with Crippen molar-refractivity contribution in [3.05, 3.63) is 36.0 Å². The SMILES string of the molecule is COc1ccc(C(=O)CN2CC(C)CC(C)C2)c2cccnc12. The maximum atomic E-state index is 12.8. The summed E-state index contributed by atoms with van der Waals surface area (Å²) < 4.78 is 5.36. The molecule has 0 N–H and O–H groups in total. The Kier molecular flexibility index (Phi) is 4.62. The third kappa shape index (κ3) is 3.37. The van der Waals surface area contributed by atoms with E-state index >= 15 is 0 Å². The van der Waals surface area contributed by atoms with Crippen molar-refractivity contribution >= 4 is 16.7 Å². The summed E-state index contributed by atoms with van der Waals surface area (Å²) in [5.74, 6) is 2.17. The van der Waals surface area contributed by atoms with Crippen molar-refractivity contribution in [2.45, 2.75) is 20.3 Å². The van der Waals surface area contributed by atoms with Crippen molar-refractivity contribution < 1.29 is 9.53 Å². The van der Waals surface area contributed by atoms with Crippen LogP contribution in [0.1, 0.15) is 30.6 Å². The van der Waals surface area contributed by atoms with Gasteiger partial charge in [0.15, 0.2) is 5.78 Å². The molecule has 1 aliphatic heterocycles. The average molecular weight is 312 g/mol. The van der Waals surface area contributed by atoms with Gasteiger partial charge in [-0.25, -0.2) is 0 Å². The molecule has 3 rings (SSSR count). The average Bonchev–Trinajstić information content (AvgIpc) is 2.52. The first-order valence-electron chi connectivity index (χ1n) is 8.25. The van der Waals surface area contributed by atoms with E-state index in [1.807, 2.05) is 24.3 Å². The van der Waals surface area contributed by atoms with Gasteiger partial charge in [0, 0.05) is 30.2 Å². The Morgan fingerprint density at radius 2 is 2.00 bits per heavy atom. The summed E-state index contributed by atoms with van der Waals surface area (Å²) in [6, 6.07) is 7.51. The third-order valence-corrected chi connectivity index (χ3v) is 4.56. The van der Waals surface area contributed by atoms with Gasteiger partial charge in [-0.05, 0) is 36.5 Å². The number of methoxy groups -OCH3 is 1. The highest BCUT2D eigenvalue weighted by molar-refractivity contribution is 6.09. The summed E-state index contributed by atoms with van der Waals surface area (Å²) >= 11 is 0. The lowest BCUT2D eigenvalue weighted by atomic mass is 9.91. The van der Waals surface area contributed by atoms with E-state index in [0.717, 1.165) is 29.6 Å². The summed E-state index contributed by atoms with van der Waals surface area (Å²) in [4.78, 5) is 19.5. The van der Waals surface area contributed by atoms with Crippen molar-refractivity contribution in [2.24, 2.45) is 11.8 Å². The Morgan fingerprint density at radius 1 is 1.26 bits per heavy atom. The highest BCUT2D eigenvalue weighted by Crippen LogP contribution is 2.27. The van der Waals surface area contributed by atoms with Gasteiger partial charge in [-0.1, -0.05) is 19.9 Å². The largest absolute Gasteiger partial charge is 0.494 e. The van der Waals surface area contributed by atoms with Gasteiger partial charge < -0.3 is 4.74 Å². The highest BCUT2D eigenvalue weighted by Gasteiger charge is 2.24. The fourth-order valence-electron chi connectivity index (χ4n) is 3.76. The van der Waals surface area contributed by atoms with Gasteiger partial charge in [0.25, 0.3) is 0 Å². The van der Waals surface area contributed by atoms with Crippen LogP contribution in [0.25, 0.3) is 10.9 Å². The minimum atomic E-state index is 0.159. The third-order valence-electron chi connectivity index (χ3n) is 4.56. The van der Waals surface area contributed by atoms with E-state index in [-0.39, 0.29) is 5.78 Å². The Bertz CT molecular complexity index is 704. The van der Waals surface area contributed by atoms with Crippen molar-refractivity contribution in [1.82, 2.24) is 9.88 Å². The fourth-order valence-corrected chi connectivity index (χ4v) is 3.76. The van der Waals surface area contributed by atoms with Gasteiger partial charge in [0.1, 0.15) is 11.3 Å². The van der Waals surface area contributed by atoms with Gasteiger partial charge in [-0.15, -0.1) is 0 Å². The second-order valence-electron chi connectivity index (χ2n) is 6.78. The van der Waals surface area contributed by atoms with Crippen LogP contribution in [0, 0.1) is 11.8 Å². The molecular formula is C19H24N2O2. The zero-order valence-electron chi connectivity index (χ0n) is 14.1. The van der Waals surface area contributed by atoms with Crippen molar-refractivity contribution in [2.75, 3.05) is 26.7 Å². The lowest BCUT2D eigenvalue weighted by molar-refractivity contribution is 0.0851. The van der Waals surface area contributed by atoms with Gasteiger partial charge in [0.05, 0.1) is 13.7 Å². The van der Waals surface area contributed by atoms with Gasteiger partial charge in [-0.2, -0.15) is 0 Å². The normalized spacial score (nSPS) is 22.2. The molecule has 2 heterocycles. The number of nitrogens with zero attached hydrogens (tertiary/aromatic N) is 2. The topological polar surface area (TPSA) is 42.4 Å². The van der Waals surface area contributed by atoms with Crippen LogP contribution in [0.15, 0.2) is 30.5 Å². The second-order valence-corrected chi connectivity index (χ2v) is 6.78. The number of Topliss-reactive ketones (excluding diaryl/α,β-unsaturated/α-hetero) is 1. The summed E-state index contributed by atoms with van der Waals surface area (Å²) in [5, 5.41) is 0.870. The molecule has 23 heavy (non-hydrogen) atoms. The molecule has 0 spiro atoms. The fraction of sp³-hybridized carbons (Fsp3) is 0.474. The van der Waals surface area contributed by atoms with Crippen LogP contribution in [0.4, 0.5) is 0 Å². The molecule has 0 amide bonds. The molecule has 4 heteroatoms. The number of ketones is 1. The van der Waals surface area contributed by atoms with Crippen molar-refractivity contribution in [3.8, 4) is 5.75 Å². The molecule has 2 atom stereocenters. The quantitative estimate of drug-likeness (QED) is 0.812. The molecule has 2 aromatic rings. The lowest BCUT2D eigenvalue weighted by Gasteiger charge is -2.34. The Hall–Kier alpha value is -1.94. The van der Waals surface area contributed by atoms with Crippen LogP contribution in [-0.2, 0) is 0 Å². The van der Waals surface area contributed by atoms with E-state index in [9.17, 15) is 4.79 Å². The molecule has 2 unspecified atom stereocenters. The van der Waals surface area contributed by atoms with Gasteiger partial charge in [-0.3, -0.25) is 14.7 Å². The smallest absolute Gasteiger partial charge is 0.177 e. The zero-order valence-corrected chi connectivity index (χ0v) is 14.1. The lowest BCUT2D eigenvalue weighted by Crippen LogP contribution is -2.41. The van der Waals surface area contributed by atoms with Crippen LogP contribution in [0.2, 0.25) is 0 Å². The molecule has 0 saturated carbocycles. The van der Waals surface area contributed by atoms with Gasteiger partial charge >= 0.3 is 0 Å². The summed E-state index contributed by atoms with van der Waals surface area (Å²) in [6.45, 7) is 7.01. The molecule has 0 bridgehead atoms. The number of ether oxygens (including phenoxy) is 1. The number of fused-ring (bicyclic) bond motifs is 1. The van der Waals surface area contributed by atoms with E-state index < -0.39 is 0 Å².